The molecule has 206 valence electrons. The van der Waals surface area contributed by atoms with Gasteiger partial charge in [0.05, 0.1) is 40.5 Å². The number of nitrogens with zero attached hydrogens (tertiary/aromatic N) is 1. The van der Waals surface area contributed by atoms with Crippen molar-refractivity contribution < 1.29 is 38.1 Å². The van der Waals surface area contributed by atoms with E-state index in [1.54, 1.807) is 6.92 Å². The standard InChI is InChI=1S/C28H47NO7/c1-5-7-8-9-10-11-12-24-13-15-25(16-14-24)35-22-21-33-20-19-29(3,4)18-17-26(27(31)34-6-2)28(32)36-23-30/h13-16,26H,5-12,17-23H2,1-4H3. The van der Waals surface area contributed by atoms with Crippen LogP contribution in [0.3, 0.4) is 0 Å². The Morgan fingerprint density at radius 1 is 0.861 bits per heavy atom. The van der Waals surface area contributed by atoms with Crippen LogP contribution in [0.4, 0.5) is 0 Å². The zero-order valence-corrected chi connectivity index (χ0v) is 22.8. The number of esters is 2. The number of rotatable bonds is 21. The van der Waals surface area contributed by atoms with Crippen molar-refractivity contribution in [3.8, 4) is 5.75 Å². The zero-order valence-electron chi connectivity index (χ0n) is 22.8. The average Bonchev–Trinajstić information content (AvgIpc) is 2.84. The summed E-state index contributed by atoms with van der Waals surface area (Å²) in [5, 5.41) is 10.6. The monoisotopic (exact) mass is 509 g/mol. The summed E-state index contributed by atoms with van der Waals surface area (Å²) in [4.78, 5) is 24.0. The van der Waals surface area contributed by atoms with Crippen molar-refractivity contribution in [1.82, 2.24) is 0 Å². The molecular weight excluding hydrogens is 462 g/mol. The lowest BCUT2D eigenvalue weighted by atomic mass is 10.0. The van der Waals surface area contributed by atoms with Gasteiger partial charge >= 0.3 is 11.9 Å². The number of likely N-dealkylation sites (N-methyl/N-ethyl adjacent to an activating group) is 1. The molecule has 0 aliphatic rings. The zero-order chi connectivity index (χ0) is 26.7. The predicted molar refractivity (Wildman–Crippen MR) is 137 cm³/mol. The highest BCUT2D eigenvalue weighted by Gasteiger charge is 2.31. The summed E-state index contributed by atoms with van der Waals surface area (Å²) in [6, 6.07) is 8.31. The van der Waals surface area contributed by atoms with Gasteiger partial charge in [0.1, 0.15) is 18.9 Å². The molecule has 0 saturated heterocycles. The number of carbonyl (C=O) groups excluding carboxylic acids is 2. The number of hydrogen-bond donors (Lipinski definition) is 0. The predicted octanol–water partition coefficient (Wildman–Crippen LogP) is 3.49. The van der Waals surface area contributed by atoms with Crippen LogP contribution in [0.25, 0.3) is 0 Å². The van der Waals surface area contributed by atoms with Crippen molar-refractivity contribution in [2.75, 3.05) is 60.4 Å². The molecule has 1 atom stereocenters. The van der Waals surface area contributed by atoms with E-state index in [9.17, 15) is 14.7 Å². The summed E-state index contributed by atoms with van der Waals surface area (Å²) in [5.41, 5.74) is 1.35. The average molecular weight is 510 g/mol. The van der Waals surface area contributed by atoms with Gasteiger partial charge < -0.3 is 28.5 Å². The molecule has 0 fully saturated rings. The molecule has 1 aromatic rings. The van der Waals surface area contributed by atoms with E-state index in [4.69, 9.17) is 14.2 Å². The van der Waals surface area contributed by atoms with Crippen LogP contribution in [0.5, 0.6) is 5.75 Å². The van der Waals surface area contributed by atoms with Crippen LogP contribution in [0.2, 0.25) is 0 Å². The van der Waals surface area contributed by atoms with Crippen LogP contribution in [0, 0.1) is 5.92 Å². The SMILES string of the molecule is CCCCCCCCc1ccc(OCCOCC[N+](C)(C)CCC(C(=O)OCC)C(=O)OC[O-])cc1. The Kier molecular flexibility index (Phi) is 16.8. The van der Waals surface area contributed by atoms with Gasteiger partial charge in [0.25, 0.3) is 0 Å². The summed E-state index contributed by atoms with van der Waals surface area (Å²) < 4.78 is 21.5. The van der Waals surface area contributed by atoms with Crippen molar-refractivity contribution >= 4 is 11.9 Å². The molecule has 0 bridgehead atoms. The van der Waals surface area contributed by atoms with E-state index in [1.807, 2.05) is 26.2 Å². The first-order chi connectivity index (χ1) is 17.3. The number of carbonyl (C=O) groups is 2. The molecule has 8 heteroatoms. The van der Waals surface area contributed by atoms with Crippen molar-refractivity contribution in [3.63, 3.8) is 0 Å². The lowest BCUT2D eigenvalue weighted by Crippen LogP contribution is -2.45. The first-order valence-electron chi connectivity index (χ1n) is 13.4. The second-order valence-electron chi connectivity index (χ2n) is 9.68. The molecule has 36 heavy (non-hydrogen) atoms. The summed E-state index contributed by atoms with van der Waals surface area (Å²) in [6.45, 7) is 5.75. The lowest BCUT2D eigenvalue weighted by molar-refractivity contribution is -0.891. The summed E-state index contributed by atoms with van der Waals surface area (Å²) in [5.74, 6) is -1.72. The number of benzene rings is 1. The molecule has 8 nitrogen and oxygen atoms in total. The van der Waals surface area contributed by atoms with Crippen molar-refractivity contribution in [2.45, 2.75) is 65.2 Å². The van der Waals surface area contributed by atoms with Crippen molar-refractivity contribution in [3.05, 3.63) is 29.8 Å². The van der Waals surface area contributed by atoms with Crippen LogP contribution in [-0.2, 0) is 30.2 Å². The molecular formula is C28H47NO7. The Balaban J connectivity index is 2.24. The maximum Gasteiger partial charge on any atom is 0.320 e. The number of aryl methyl sites for hydroxylation is 1. The normalized spacial score (nSPS) is 12.2. The highest BCUT2D eigenvalue weighted by atomic mass is 16.6. The van der Waals surface area contributed by atoms with Crippen molar-refractivity contribution in [2.24, 2.45) is 5.92 Å². The topological polar surface area (TPSA) is 94.1 Å². The third kappa shape index (κ3) is 14.4. The molecule has 1 aromatic carbocycles. The quantitative estimate of drug-likeness (QED) is 0.0823. The second kappa shape index (κ2) is 19.0. The van der Waals surface area contributed by atoms with E-state index in [2.05, 4.69) is 23.8 Å². The maximum atomic E-state index is 12.1. The smallest absolute Gasteiger partial charge is 0.320 e. The van der Waals surface area contributed by atoms with Gasteiger partial charge in [0.15, 0.2) is 5.92 Å². The van der Waals surface area contributed by atoms with Gasteiger partial charge in [-0.05, 0) is 37.5 Å². The van der Waals surface area contributed by atoms with E-state index >= 15 is 0 Å². The fourth-order valence-corrected chi connectivity index (χ4v) is 3.82. The van der Waals surface area contributed by atoms with Gasteiger partial charge in [-0.1, -0.05) is 51.2 Å². The summed E-state index contributed by atoms with van der Waals surface area (Å²) in [6.07, 6.45) is 9.19. The Labute approximate surface area is 217 Å². The fourth-order valence-electron chi connectivity index (χ4n) is 3.82. The van der Waals surface area contributed by atoms with Crippen LogP contribution in [-0.4, -0.2) is 76.8 Å². The molecule has 0 saturated carbocycles. The van der Waals surface area contributed by atoms with Gasteiger partial charge in [0.2, 0.25) is 0 Å². The van der Waals surface area contributed by atoms with Crippen LogP contribution < -0.4 is 9.84 Å². The Morgan fingerprint density at radius 2 is 1.53 bits per heavy atom. The first-order valence-corrected chi connectivity index (χ1v) is 13.4. The number of hydrogen-bond acceptors (Lipinski definition) is 7. The molecule has 0 aliphatic heterocycles. The first kappa shape index (κ1) is 31.9. The largest absolute Gasteiger partial charge is 0.824 e. The molecule has 0 spiro atoms. The molecule has 0 radical (unpaired) electrons. The van der Waals surface area contributed by atoms with E-state index in [-0.39, 0.29) is 13.0 Å². The molecule has 0 aliphatic carbocycles. The van der Waals surface area contributed by atoms with E-state index in [0.717, 1.165) is 12.2 Å². The molecule has 0 heterocycles. The summed E-state index contributed by atoms with van der Waals surface area (Å²) in [7, 11) is 3.99. The third-order valence-electron chi connectivity index (χ3n) is 6.16. The maximum absolute atomic E-state index is 12.1. The van der Waals surface area contributed by atoms with Gasteiger partial charge in [-0.15, -0.1) is 0 Å². The van der Waals surface area contributed by atoms with E-state index in [1.165, 1.54) is 44.1 Å². The van der Waals surface area contributed by atoms with E-state index < -0.39 is 24.6 Å². The van der Waals surface area contributed by atoms with E-state index in [0.29, 0.717) is 37.4 Å². The van der Waals surface area contributed by atoms with Crippen molar-refractivity contribution in [1.29, 1.82) is 0 Å². The Bertz CT molecular complexity index is 703. The van der Waals surface area contributed by atoms with Gasteiger partial charge in [-0.25, -0.2) is 0 Å². The molecule has 0 aromatic heterocycles. The van der Waals surface area contributed by atoms with Crippen LogP contribution in [0.15, 0.2) is 24.3 Å². The van der Waals surface area contributed by atoms with Gasteiger partial charge in [-0.2, -0.15) is 0 Å². The van der Waals surface area contributed by atoms with Crippen LogP contribution >= 0.6 is 0 Å². The molecule has 1 rings (SSSR count). The Hall–Kier alpha value is -2.16. The van der Waals surface area contributed by atoms with Gasteiger partial charge in [0, 0.05) is 13.2 Å². The minimum Gasteiger partial charge on any atom is -0.824 e. The third-order valence-corrected chi connectivity index (χ3v) is 6.16. The number of unbranched alkanes of at least 4 members (excludes halogenated alkanes) is 5. The minimum atomic E-state index is -1.08. The molecule has 1 unspecified atom stereocenters. The van der Waals surface area contributed by atoms with Crippen LogP contribution in [0.1, 0.15) is 64.4 Å². The highest BCUT2D eigenvalue weighted by molar-refractivity contribution is 5.94. The number of quaternary nitrogens is 1. The minimum absolute atomic E-state index is 0.164. The highest BCUT2D eigenvalue weighted by Crippen LogP contribution is 2.15. The Morgan fingerprint density at radius 3 is 2.19 bits per heavy atom. The van der Waals surface area contributed by atoms with Gasteiger partial charge in [-0.3, -0.25) is 9.59 Å². The number of ether oxygens (including phenoxy) is 4. The fraction of sp³-hybridized carbons (Fsp3) is 0.714. The summed E-state index contributed by atoms with van der Waals surface area (Å²) >= 11 is 0. The molecule has 0 amide bonds. The second-order valence-corrected chi connectivity index (χ2v) is 9.68. The molecule has 0 N–H and O–H groups in total. The lowest BCUT2D eigenvalue weighted by Gasteiger charge is -2.30.